The van der Waals surface area contributed by atoms with Gasteiger partial charge in [0.1, 0.15) is 11.9 Å². The van der Waals surface area contributed by atoms with Gasteiger partial charge < -0.3 is 24.9 Å². The van der Waals surface area contributed by atoms with Crippen molar-refractivity contribution in [3.8, 4) is 0 Å². The number of fused-ring (bicyclic) bond motifs is 1. The summed E-state index contributed by atoms with van der Waals surface area (Å²) in [7, 11) is 0. The van der Waals surface area contributed by atoms with E-state index >= 15 is 0 Å². The van der Waals surface area contributed by atoms with Crippen LogP contribution in [0.1, 0.15) is 51.4 Å². The minimum atomic E-state index is -1.31. The Labute approximate surface area is 182 Å². The Morgan fingerprint density at radius 2 is 2.07 bits per heavy atom. The van der Waals surface area contributed by atoms with Gasteiger partial charge in [0.15, 0.2) is 6.17 Å². The first-order chi connectivity index (χ1) is 12.5. The van der Waals surface area contributed by atoms with Gasteiger partial charge in [-0.25, -0.2) is 4.39 Å². The van der Waals surface area contributed by atoms with Crippen LogP contribution in [0.5, 0.6) is 0 Å². The van der Waals surface area contributed by atoms with Gasteiger partial charge in [0.05, 0.1) is 12.2 Å². The van der Waals surface area contributed by atoms with E-state index in [-0.39, 0.29) is 59.7 Å². The number of ether oxygens (including phenoxy) is 1. The maximum atomic E-state index is 14.8. The van der Waals surface area contributed by atoms with Crippen LogP contribution in [-0.2, 0) is 9.53 Å². The molecule has 3 rings (SSSR count). The zero-order valence-electron chi connectivity index (χ0n) is 15.9. The standard InChI is InChI=1S/C20H29FO5.Na/c21-20-16(7-3-4-8-18(24)25)26-17-11-15(23)13(19(17)20)9-10-14(22)12-5-1-2-6-12;/h7,9-10,12-15,17,19-20,22-23H,1-6,8,11H2,(H,24,25);/q;+1/p-1/b10-9+,16-7-;/t13-,14+,15+,17-,19+,20-;/m0./s1. The van der Waals surface area contributed by atoms with Gasteiger partial charge in [0.25, 0.3) is 0 Å². The molecule has 0 bridgehead atoms. The smallest absolute Gasteiger partial charge is 0.550 e. The first-order valence-electron chi connectivity index (χ1n) is 9.72. The summed E-state index contributed by atoms with van der Waals surface area (Å²) in [5.74, 6) is -1.43. The van der Waals surface area contributed by atoms with Crippen LogP contribution >= 0.6 is 0 Å². The molecule has 1 saturated heterocycles. The van der Waals surface area contributed by atoms with Crippen LogP contribution in [0.15, 0.2) is 24.0 Å². The monoisotopic (exact) mass is 390 g/mol. The molecule has 1 heterocycles. The molecule has 2 saturated carbocycles. The summed E-state index contributed by atoms with van der Waals surface area (Å²) in [5.41, 5.74) is 0. The fourth-order valence-electron chi connectivity index (χ4n) is 4.60. The Morgan fingerprint density at radius 1 is 1.37 bits per heavy atom. The molecule has 0 aromatic carbocycles. The SMILES string of the molecule is O=C([O-])CCC/C=C1\O[C@H]2C[C@@H](O)[C@H](/C=C/[C@@H](O)C3CCCC3)[C@H]2[C@H]1F.[Na+]. The number of hydrogen-bond donors (Lipinski definition) is 2. The number of allylic oxidation sites excluding steroid dienone is 2. The molecule has 27 heavy (non-hydrogen) atoms. The zero-order chi connectivity index (χ0) is 18.7. The van der Waals surface area contributed by atoms with Crippen molar-refractivity contribution in [1.29, 1.82) is 0 Å². The topological polar surface area (TPSA) is 89.8 Å². The van der Waals surface area contributed by atoms with E-state index in [1.807, 2.05) is 0 Å². The largest absolute Gasteiger partial charge is 1.00 e. The second kappa shape index (κ2) is 10.4. The van der Waals surface area contributed by atoms with Gasteiger partial charge in [-0.15, -0.1) is 0 Å². The number of carbonyl (C=O) groups is 1. The second-order valence-corrected chi connectivity index (χ2v) is 7.81. The number of carboxylic acids is 1. The van der Waals surface area contributed by atoms with Gasteiger partial charge in [-0.3, -0.25) is 0 Å². The molecule has 3 aliphatic rings. The number of unbranched alkanes of at least 4 members (excludes halogenated alkanes) is 1. The normalized spacial score (nSPS) is 36.0. The van der Waals surface area contributed by atoms with Crippen LogP contribution in [0.4, 0.5) is 4.39 Å². The molecular formula is C20H28FNaO5. The van der Waals surface area contributed by atoms with Crippen molar-refractivity contribution < 1.29 is 58.8 Å². The van der Waals surface area contributed by atoms with Crippen LogP contribution < -0.4 is 34.7 Å². The molecule has 5 nitrogen and oxygen atoms in total. The van der Waals surface area contributed by atoms with E-state index in [4.69, 9.17) is 4.74 Å². The van der Waals surface area contributed by atoms with E-state index in [1.54, 1.807) is 18.2 Å². The number of aliphatic carboxylic acids is 1. The summed E-state index contributed by atoms with van der Waals surface area (Å²) in [5, 5.41) is 31.0. The number of aliphatic hydroxyl groups excluding tert-OH is 2. The summed E-state index contributed by atoms with van der Waals surface area (Å²) in [6.45, 7) is 0. The third-order valence-corrected chi connectivity index (χ3v) is 6.03. The van der Waals surface area contributed by atoms with E-state index in [0.717, 1.165) is 25.7 Å². The third-order valence-electron chi connectivity index (χ3n) is 6.03. The maximum Gasteiger partial charge on any atom is 1.00 e. The Morgan fingerprint density at radius 3 is 2.74 bits per heavy atom. The number of halogens is 1. The van der Waals surface area contributed by atoms with Crippen LogP contribution in [0.3, 0.4) is 0 Å². The van der Waals surface area contributed by atoms with E-state index in [2.05, 4.69) is 0 Å². The molecule has 1 aliphatic heterocycles. The Hall–Kier alpha value is -0.400. The fraction of sp³-hybridized carbons (Fsp3) is 0.750. The molecule has 0 unspecified atom stereocenters. The minimum Gasteiger partial charge on any atom is -0.550 e. The van der Waals surface area contributed by atoms with Crippen LogP contribution in [0.2, 0.25) is 0 Å². The number of alkyl halides is 1. The molecule has 0 amide bonds. The summed E-state index contributed by atoms with van der Waals surface area (Å²) in [6.07, 6.45) is 7.65. The van der Waals surface area contributed by atoms with Crippen molar-refractivity contribution >= 4 is 5.97 Å². The van der Waals surface area contributed by atoms with Gasteiger partial charge in [0.2, 0.25) is 0 Å². The van der Waals surface area contributed by atoms with Crippen molar-refractivity contribution in [2.24, 2.45) is 17.8 Å². The molecule has 3 fully saturated rings. The molecular weight excluding hydrogens is 362 g/mol. The fourth-order valence-corrected chi connectivity index (χ4v) is 4.60. The van der Waals surface area contributed by atoms with E-state index < -0.39 is 30.3 Å². The number of hydrogen-bond acceptors (Lipinski definition) is 5. The van der Waals surface area contributed by atoms with Crippen molar-refractivity contribution in [3.05, 3.63) is 24.0 Å². The van der Waals surface area contributed by atoms with Gasteiger partial charge in [-0.05, 0) is 44.1 Å². The Bertz CT molecular complexity index is 561. The number of aliphatic hydroxyl groups is 2. The molecule has 0 aromatic heterocycles. The number of carbonyl (C=O) groups excluding carboxylic acids is 1. The van der Waals surface area contributed by atoms with E-state index in [9.17, 15) is 24.5 Å². The molecule has 7 heteroatoms. The van der Waals surface area contributed by atoms with E-state index in [1.165, 1.54) is 0 Å². The number of rotatable bonds is 7. The van der Waals surface area contributed by atoms with Gasteiger partial charge in [0, 0.05) is 24.2 Å². The average molecular weight is 390 g/mol. The third kappa shape index (κ3) is 5.57. The Kier molecular flexibility index (Phi) is 8.81. The summed E-state index contributed by atoms with van der Waals surface area (Å²) >= 11 is 0. The summed E-state index contributed by atoms with van der Waals surface area (Å²) < 4.78 is 20.5. The predicted molar refractivity (Wildman–Crippen MR) is 91.4 cm³/mol. The summed E-state index contributed by atoms with van der Waals surface area (Å²) in [4.78, 5) is 10.4. The van der Waals surface area contributed by atoms with Gasteiger partial charge in [-0.2, -0.15) is 0 Å². The minimum absolute atomic E-state index is 0. The quantitative estimate of drug-likeness (QED) is 0.318. The molecule has 146 valence electrons. The maximum absolute atomic E-state index is 14.8. The van der Waals surface area contributed by atoms with Crippen LogP contribution in [0, 0.1) is 17.8 Å². The Balaban J connectivity index is 0.00000261. The van der Waals surface area contributed by atoms with Gasteiger partial charge in [-0.1, -0.05) is 25.0 Å². The average Bonchev–Trinajstić information content (AvgIpc) is 3.28. The molecule has 0 spiro atoms. The van der Waals surface area contributed by atoms with Crippen molar-refractivity contribution in [2.45, 2.75) is 75.9 Å². The van der Waals surface area contributed by atoms with Crippen LogP contribution in [0.25, 0.3) is 0 Å². The van der Waals surface area contributed by atoms with Gasteiger partial charge >= 0.3 is 29.6 Å². The van der Waals surface area contributed by atoms with E-state index in [0.29, 0.717) is 19.3 Å². The molecule has 2 aliphatic carbocycles. The van der Waals surface area contributed by atoms with Crippen molar-refractivity contribution in [2.75, 3.05) is 0 Å². The molecule has 0 radical (unpaired) electrons. The number of carboxylic acid groups (broad SMARTS) is 1. The second-order valence-electron chi connectivity index (χ2n) is 7.81. The molecule has 6 atom stereocenters. The predicted octanol–water partition coefficient (Wildman–Crippen LogP) is -1.36. The first kappa shape index (κ1) is 22.9. The first-order valence-corrected chi connectivity index (χ1v) is 9.72. The summed E-state index contributed by atoms with van der Waals surface area (Å²) in [6, 6.07) is 0. The van der Waals surface area contributed by atoms with Crippen molar-refractivity contribution in [1.82, 2.24) is 0 Å². The molecule has 2 N–H and O–H groups in total. The van der Waals surface area contributed by atoms with Crippen molar-refractivity contribution in [3.63, 3.8) is 0 Å². The van der Waals surface area contributed by atoms with Crippen LogP contribution in [-0.4, -0.2) is 40.7 Å². The molecule has 0 aromatic rings. The zero-order valence-corrected chi connectivity index (χ0v) is 17.9.